The van der Waals surface area contributed by atoms with E-state index >= 15 is 0 Å². The average molecular weight is 1670 g/mol. The van der Waals surface area contributed by atoms with Gasteiger partial charge in [-0.25, -0.2) is 0 Å². The minimum Gasteiger partial charge on any atom is -0.505 e. The summed E-state index contributed by atoms with van der Waals surface area (Å²) in [5.74, 6) is -3.53. The molecule has 2 aromatic heterocycles. The number of rotatable bonds is 21. The van der Waals surface area contributed by atoms with E-state index in [1.807, 2.05) is 0 Å². The number of aromatic hydroxyl groups is 2. The second kappa shape index (κ2) is 27.7. The van der Waals surface area contributed by atoms with E-state index in [4.69, 9.17) is 23.2 Å². The Kier molecular flexibility index (Phi) is 19.7. The highest BCUT2D eigenvalue weighted by Gasteiger charge is 2.31. The number of hydrogen-bond donors (Lipinski definition) is 14. The van der Waals surface area contributed by atoms with Crippen LogP contribution < -0.4 is 21.3 Å². The molecule has 558 valence electrons. The molecule has 0 fully saturated rings. The molecule has 0 atom stereocenters. The highest BCUT2D eigenvalue weighted by molar-refractivity contribution is 7.88. The number of nitrogens with one attached hydrogen (secondary N) is 4. The van der Waals surface area contributed by atoms with E-state index in [-0.39, 0.29) is 67.0 Å². The molecule has 0 bridgehead atoms. The summed E-state index contributed by atoms with van der Waals surface area (Å²) in [6, 6.07) is 24.6. The van der Waals surface area contributed by atoms with Crippen LogP contribution in [-0.4, -0.2) is 144 Å². The van der Waals surface area contributed by atoms with Gasteiger partial charge in [0.15, 0.2) is 11.5 Å². The molecule has 0 radical (unpaired) electrons. The first-order chi connectivity index (χ1) is 50.2. The van der Waals surface area contributed by atoms with E-state index in [9.17, 15) is 114 Å². The van der Waals surface area contributed by atoms with Crippen molar-refractivity contribution < 1.29 is 114 Å². The number of hydrogen-bond acceptors (Lipinski definition) is 32. The summed E-state index contributed by atoms with van der Waals surface area (Å²) in [4.78, 5) is 16.5. The minimum absolute atomic E-state index is 0.0140. The summed E-state index contributed by atoms with van der Waals surface area (Å²) in [5.41, 5.74) is -4.83. The third-order valence-corrected chi connectivity index (χ3v) is 22.8. The molecule has 12 rings (SSSR count). The first-order valence-electron chi connectivity index (χ1n) is 28.7. The van der Waals surface area contributed by atoms with Gasteiger partial charge in [-0.05, 0) is 131 Å². The van der Waals surface area contributed by atoms with Crippen molar-refractivity contribution in [1.82, 2.24) is 29.9 Å². The molecule has 40 nitrogen and oxygen atoms in total. The molecule has 14 N–H and O–H groups in total. The molecule has 0 saturated heterocycles. The Labute approximate surface area is 615 Å². The number of fused-ring (bicyclic) bond motifs is 4. The predicted molar refractivity (Wildman–Crippen MR) is 381 cm³/mol. The standard InChI is InChI=1S/C58H38Cl2N14O26S8/c59-53-65-55(61-27-7-11-31-25(19-27)21-45(105(89,90)91)47(49(31)75)73-71-39-17-15-35-37(51(39)107(95,96)97)3-1-5-41(35)101(77,78)79)69-57(67-53)63-29-9-13-33(43(23-29)103(83,84)85)34-14-10-30(24-44(34)104(86,87)88)64-58-68-54(60)66-56(70-58)62-28-8-12-32-26(20-28)22-46(106(92,93)94)48(50(32)76)74-72-40-18-16-36-38(52(40)108(98,99)100)4-2-6-42(36)102(80,81)82/h1-24,75-76H,(H,77,78,79)(H,80,81,82)(H,83,84,85)(H,86,87,88)(H,89,90,91)(H,92,93,94)(H,95,96,97)(H,98,99,100)(H2,61,63,65,67,69)(H2,62,64,66,68,70). The lowest BCUT2D eigenvalue weighted by Gasteiger charge is -2.15. The number of phenols is 2. The Balaban J connectivity index is 0.786. The fourth-order valence-corrected chi connectivity index (χ4v) is 17.1. The van der Waals surface area contributed by atoms with Gasteiger partial charge in [0.1, 0.15) is 61.9 Å². The van der Waals surface area contributed by atoms with E-state index in [1.165, 1.54) is 36.4 Å². The van der Waals surface area contributed by atoms with Crippen LogP contribution in [0.25, 0.3) is 54.2 Å². The molecule has 50 heteroatoms. The third-order valence-electron chi connectivity index (χ3n) is 15.2. The van der Waals surface area contributed by atoms with Crippen LogP contribution in [0.2, 0.25) is 10.6 Å². The first-order valence-corrected chi connectivity index (χ1v) is 41.0. The Hall–Kier alpha value is -10.9. The molecular weight excluding hydrogens is 1640 g/mol. The Bertz CT molecular complexity index is 6600. The lowest BCUT2D eigenvalue weighted by atomic mass is 10.0. The third kappa shape index (κ3) is 16.1. The molecule has 0 amide bonds. The smallest absolute Gasteiger partial charge is 0.297 e. The van der Waals surface area contributed by atoms with Crippen molar-refractivity contribution in [2.45, 2.75) is 39.2 Å². The number of halogens is 2. The zero-order chi connectivity index (χ0) is 78.5. The molecule has 0 saturated carbocycles. The summed E-state index contributed by atoms with van der Waals surface area (Å²) in [7, 11) is -41.9. The van der Waals surface area contributed by atoms with E-state index in [0.717, 1.165) is 109 Å². The van der Waals surface area contributed by atoms with E-state index in [0.29, 0.717) is 0 Å². The van der Waals surface area contributed by atoms with Gasteiger partial charge in [0.05, 0.1) is 0 Å². The number of nitrogens with zero attached hydrogens (tertiary/aromatic N) is 10. The van der Waals surface area contributed by atoms with Crippen molar-refractivity contribution in [3.05, 3.63) is 156 Å². The number of phenolic OH excluding ortho intramolecular Hbond substituents is 2. The van der Waals surface area contributed by atoms with Crippen LogP contribution in [0.3, 0.4) is 0 Å². The molecule has 2 heterocycles. The van der Waals surface area contributed by atoms with Gasteiger partial charge in [-0.1, -0.05) is 48.5 Å². The van der Waals surface area contributed by atoms with Gasteiger partial charge in [0.25, 0.3) is 80.9 Å². The quantitative estimate of drug-likeness (QED) is 0.0235. The van der Waals surface area contributed by atoms with Gasteiger partial charge >= 0.3 is 0 Å². The molecule has 10 aromatic carbocycles. The van der Waals surface area contributed by atoms with Gasteiger partial charge in [0.2, 0.25) is 34.4 Å². The molecule has 0 spiro atoms. The number of aromatic nitrogens is 6. The number of benzene rings is 10. The van der Waals surface area contributed by atoms with Crippen LogP contribution in [0.1, 0.15) is 0 Å². The number of anilines is 8. The van der Waals surface area contributed by atoms with Crippen LogP contribution in [0.4, 0.5) is 69.3 Å². The summed E-state index contributed by atoms with van der Waals surface area (Å²) < 4.78 is 284. The maximum atomic E-state index is 13.1. The van der Waals surface area contributed by atoms with Gasteiger partial charge < -0.3 is 31.5 Å². The van der Waals surface area contributed by atoms with Gasteiger partial charge in [-0.15, -0.1) is 20.5 Å². The van der Waals surface area contributed by atoms with Crippen LogP contribution in [0.5, 0.6) is 11.5 Å². The average Bonchev–Trinajstić information content (AvgIpc) is 0.775. The van der Waals surface area contributed by atoms with Crippen molar-refractivity contribution >= 4 is 217 Å². The monoisotopic (exact) mass is 1670 g/mol. The Morgan fingerprint density at radius 3 is 0.889 bits per heavy atom. The lowest BCUT2D eigenvalue weighted by Crippen LogP contribution is -2.08. The molecule has 0 aliphatic rings. The maximum absolute atomic E-state index is 13.1. The van der Waals surface area contributed by atoms with Gasteiger partial charge in [-0.3, -0.25) is 36.4 Å². The van der Waals surface area contributed by atoms with E-state index < -0.39 is 199 Å². The van der Waals surface area contributed by atoms with Crippen molar-refractivity contribution in [2.24, 2.45) is 20.5 Å². The van der Waals surface area contributed by atoms with Crippen molar-refractivity contribution in [3.63, 3.8) is 0 Å². The largest absolute Gasteiger partial charge is 0.505 e. The summed E-state index contributed by atoms with van der Waals surface area (Å²) in [6.45, 7) is 0. The molecule has 0 aliphatic carbocycles. The zero-order valence-electron chi connectivity index (χ0n) is 52.4. The Morgan fingerprint density at radius 2 is 0.583 bits per heavy atom. The van der Waals surface area contributed by atoms with Crippen molar-refractivity contribution in [3.8, 4) is 22.6 Å². The highest BCUT2D eigenvalue weighted by atomic mass is 35.5. The van der Waals surface area contributed by atoms with Crippen LogP contribution in [0.15, 0.2) is 205 Å². The van der Waals surface area contributed by atoms with Crippen molar-refractivity contribution in [2.75, 3.05) is 21.3 Å². The predicted octanol–water partition coefficient (Wildman–Crippen LogP) is 10.8. The zero-order valence-corrected chi connectivity index (χ0v) is 60.4. The molecule has 0 aliphatic heterocycles. The molecular formula is C58H38Cl2N14O26S8. The fourth-order valence-electron chi connectivity index (χ4n) is 10.9. The van der Waals surface area contributed by atoms with Crippen LogP contribution in [-0.2, 0) is 80.9 Å². The van der Waals surface area contributed by atoms with E-state index in [1.54, 1.807) is 0 Å². The van der Waals surface area contributed by atoms with Crippen LogP contribution >= 0.6 is 23.2 Å². The topological polar surface area (TPSA) is 650 Å². The molecule has 0 unspecified atom stereocenters. The summed E-state index contributed by atoms with van der Waals surface area (Å²) in [6.07, 6.45) is 0. The number of azo groups is 2. The molecule has 108 heavy (non-hydrogen) atoms. The molecule has 12 aromatic rings. The fraction of sp³-hybridized carbons (Fsp3) is 0. The van der Waals surface area contributed by atoms with E-state index in [2.05, 4.69) is 71.6 Å². The SMILES string of the molecule is O=S(=O)(O)c1cc(Nc2nc(Cl)nc(Nc3ccc4c(O)c(N=Nc5ccc6c(S(=O)(=O)O)cccc6c5S(=O)(=O)O)c(S(=O)(=O)O)cc4c3)n2)ccc1-c1ccc(Nc2nc(Cl)nc(Nc3ccc4c(O)c(N=Nc5ccc6c(S(=O)(=O)O)cccc6c5S(=O)(=O)O)c(S(=O)(=O)O)cc4c3)n2)cc1S(=O)(=O)O. The lowest BCUT2D eigenvalue weighted by molar-refractivity contribution is 0.471. The maximum Gasteiger partial charge on any atom is 0.297 e. The summed E-state index contributed by atoms with van der Waals surface area (Å²) in [5, 5.41) is 45.0. The Morgan fingerprint density at radius 1 is 0.287 bits per heavy atom. The van der Waals surface area contributed by atoms with Gasteiger partial charge in [0, 0.05) is 66.2 Å². The van der Waals surface area contributed by atoms with Gasteiger partial charge in [-0.2, -0.15) is 97.2 Å². The first kappa shape index (κ1) is 76.8. The second-order valence-electron chi connectivity index (χ2n) is 22.2. The highest BCUT2D eigenvalue weighted by Crippen LogP contribution is 2.47. The minimum atomic E-state index is -5.35. The normalized spacial score (nSPS) is 12.9. The second-order valence-corrected chi connectivity index (χ2v) is 33.9. The summed E-state index contributed by atoms with van der Waals surface area (Å²) >= 11 is 12.5. The van der Waals surface area contributed by atoms with Crippen LogP contribution in [0, 0.1) is 0 Å². The van der Waals surface area contributed by atoms with Crippen molar-refractivity contribution in [1.29, 1.82) is 0 Å².